The van der Waals surface area contributed by atoms with Gasteiger partial charge in [0.1, 0.15) is 5.82 Å². The van der Waals surface area contributed by atoms with Crippen molar-refractivity contribution in [2.24, 2.45) is 11.8 Å². The zero-order chi connectivity index (χ0) is 11.8. The van der Waals surface area contributed by atoms with Gasteiger partial charge in [0.15, 0.2) is 0 Å². The number of halogens is 2. The second-order valence-electron chi connectivity index (χ2n) is 5.29. The van der Waals surface area contributed by atoms with Gasteiger partial charge in [-0.25, -0.2) is 4.39 Å². The average Bonchev–Trinajstić information content (AvgIpc) is 3.14. The standard InChI is InChI=1S/C14H17BrFN/c15-13-11(2-1-3-12(13)16)8-17-14(9-4-5-9)10-6-7-10/h1-3,9-10,14,17H,4-8H2. The topological polar surface area (TPSA) is 12.0 Å². The maximum Gasteiger partial charge on any atom is 0.137 e. The Bertz CT molecular complexity index is 401. The fourth-order valence-electron chi connectivity index (χ4n) is 2.54. The van der Waals surface area contributed by atoms with Crippen LogP contribution in [0.2, 0.25) is 0 Å². The molecule has 0 heterocycles. The van der Waals surface area contributed by atoms with Gasteiger partial charge in [0.25, 0.3) is 0 Å². The van der Waals surface area contributed by atoms with Crippen LogP contribution in [0.1, 0.15) is 31.2 Å². The summed E-state index contributed by atoms with van der Waals surface area (Å²) in [5, 5.41) is 3.63. The molecule has 0 aliphatic heterocycles. The van der Waals surface area contributed by atoms with Crippen LogP contribution in [-0.4, -0.2) is 6.04 Å². The zero-order valence-electron chi connectivity index (χ0n) is 9.76. The Labute approximate surface area is 110 Å². The maximum atomic E-state index is 13.4. The minimum Gasteiger partial charge on any atom is -0.309 e. The van der Waals surface area contributed by atoms with Crippen molar-refractivity contribution in [2.45, 2.75) is 38.3 Å². The first-order valence-electron chi connectivity index (χ1n) is 6.42. The van der Waals surface area contributed by atoms with Crippen LogP contribution in [0.15, 0.2) is 22.7 Å². The lowest BCUT2D eigenvalue weighted by Gasteiger charge is -2.18. The lowest BCUT2D eigenvalue weighted by molar-refractivity contribution is 0.415. The molecule has 2 aliphatic carbocycles. The molecule has 0 unspecified atom stereocenters. The van der Waals surface area contributed by atoms with Crippen molar-refractivity contribution < 1.29 is 4.39 Å². The van der Waals surface area contributed by atoms with Crippen molar-refractivity contribution >= 4 is 15.9 Å². The molecule has 1 aromatic carbocycles. The van der Waals surface area contributed by atoms with Gasteiger partial charge in [-0.05, 0) is 65.1 Å². The van der Waals surface area contributed by atoms with Gasteiger partial charge in [-0.2, -0.15) is 0 Å². The van der Waals surface area contributed by atoms with E-state index < -0.39 is 0 Å². The monoisotopic (exact) mass is 297 g/mol. The third kappa shape index (κ3) is 2.71. The first-order valence-corrected chi connectivity index (χ1v) is 7.21. The van der Waals surface area contributed by atoms with E-state index in [0.717, 1.165) is 23.9 Å². The Balaban J connectivity index is 1.64. The van der Waals surface area contributed by atoms with Crippen molar-refractivity contribution in [3.05, 3.63) is 34.1 Å². The number of benzene rings is 1. The molecule has 0 saturated heterocycles. The summed E-state index contributed by atoms with van der Waals surface area (Å²) in [7, 11) is 0. The van der Waals surface area contributed by atoms with Crippen molar-refractivity contribution in [3.63, 3.8) is 0 Å². The molecule has 1 N–H and O–H groups in total. The van der Waals surface area contributed by atoms with E-state index in [1.165, 1.54) is 31.7 Å². The summed E-state index contributed by atoms with van der Waals surface area (Å²) in [6, 6.07) is 5.93. The Morgan fingerprint density at radius 3 is 2.47 bits per heavy atom. The molecule has 3 heteroatoms. The summed E-state index contributed by atoms with van der Waals surface area (Å²) < 4.78 is 14.0. The molecule has 0 radical (unpaired) electrons. The van der Waals surface area contributed by atoms with Crippen LogP contribution in [0, 0.1) is 17.7 Å². The molecular weight excluding hydrogens is 281 g/mol. The molecule has 17 heavy (non-hydrogen) atoms. The van der Waals surface area contributed by atoms with Gasteiger partial charge in [-0.15, -0.1) is 0 Å². The minimum absolute atomic E-state index is 0.168. The largest absolute Gasteiger partial charge is 0.309 e. The zero-order valence-corrected chi connectivity index (χ0v) is 11.3. The second-order valence-corrected chi connectivity index (χ2v) is 6.09. The molecule has 1 aromatic rings. The van der Waals surface area contributed by atoms with Crippen LogP contribution in [0.5, 0.6) is 0 Å². The Morgan fingerprint density at radius 1 is 1.24 bits per heavy atom. The van der Waals surface area contributed by atoms with E-state index in [-0.39, 0.29) is 5.82 Å². The van der Waals surface area contributed by atoms with Gasteiger partial charge in [-0.1, -0.05) is 12.1 Å². The van der Waals surface area contributed by atoms with Crippen LogP contribution in [0.3, 0.4) is 0 Å². The SMILES string of the molecule is Fc1cccc(CNC(C2CC2)C2CC2)c1Br. The highest BCUT2D eigenvalue weighted by Crippen LogP contribution is 2.44. The van der Waals surface area contributed by atoms with E-state index in [9.17, 15) is 4.39 Å². The second kappa shape index (κ2) is 4.69. The Kier molecular flexibility index (Phi) is 3.22. The molecule has 0 aromatic heterocycles. The minimum atomic E-state index is -0.168. The van der Waals surface area contributed by atoms with E-state index >= 15 is 0 Å². The summed E-state index contributed by atoms with van der Waals surface area (Å²) in [6.45, 7) is 0.774. The highest BCUT2D eigenvalue weighted by atomic mass is 79.9. The lowest BCUT2D eigenvalue weighted by Crippen LogP contribution is -2.32. The van der Waals surface area contributed by atoms with Crippen molar-refractivity contribution in [2.75, 3.05) is 0 Å². The number of rotatable bonds is 5. The van der Waals surface area contributed by atoms with Crippen LogP contribution < -0.4 is 5.32 Å². The Morgan fingerprint density at radius 2 is 1.88 bits per heavy atom. The van der Waals surface area contributed by atoms with Crippen molar-refractivity contribution in [1.82, 2.24) is 5.32 Å². The van der Waals surface area contributed by atoms with E-state index in [0.29, 0.717) is 10.5 Å². The molecule has 2 aliphatic rings. The van der Waals surface area contributed by atoms with Gasteiger partial charge in [0, 0.05) is 12.6 Å². The molecule has 92 valence electrons. The normalized spacial score (nSPS) is 19.9. The van der Waals surface area contributed by atoms with E-state index in [2.05, 4.69) is 21.2 Å². The van der Waals surface area contributed by atoms with Gasteiger partial charge in [-0.3, -0.25) is 0 Å². The van der Waals surface area contributed by atoms with Gasteiger partial charge in [0.2, 0.25) is 0 Å². The van der Waals surface area contributed by atoms with Gasteiger partial charge < -0.3 is 5.32 Å². The smallest absolute Gasteiger partial charge is 0.137 e. The summed E-state index contributed by atoms with van der Waals surface area (Å²) in [6.07, 6.45) is 5.49. The fourth-order valence-corrected chi connectivity index (χ4v) is 2.95. The highest BCUT2D eigenvalue weighted by Gasteiger charge is 2.40. The summed E-state index contributed by atoms with van der Waals surface area (Å²) in [5.41, 5.74) is 1.02. The van der Waals surface area contributed by atoms with E-state index in [1.54, 1.807) is 6.07 Å². The summed E-state index contributed by atoms with van der Waals surface area (Å²) >= 11 is 3.32. The molecule has 1 nitrogen and oxygen atoms in total. The third-order valence-electron chi connectivity index (χ3n) is 3.82. The average molecular weight is 298 g/mol. The fraction of sp³-hybridized carbons (Fsp3) is 0.571. The molecule has 2 fully saturated rings. The molecule has 3 rings (SSSR count). The lowest BCUT2D eigenvalue weighted by atomic mass is 10.1. The summed E-state index contributed by atoms with van der Waals surface area (Å²) in [4.78, 5) is 0. The van der Waals surface area contributed by atoms with E-state index in [4.69, 9.17) is 0 Å². The maximum absolute atomic E-state index is 13.4. The van der Waals surface area contributed by atoms with Crippen molar-refractivity contribution in [1.29, 1.82) is 0 Å². The highest BCUT2D eigenvalue weighted by molar-refractivity contribution is 9.10. The molecule has 2 saturated carbocycles. The van der Waals surface area contributed by atoms with Gasteiger partial charge >= 0.3 is 0 Å². The predicted octanol–water partition coefficient (Wildman–Crippen LogP) is 3.87. The predicted molar refractivity (Wildman–Crippen MR) is 70.2 cm³/mol. The first kappa shape index (κ1) is 11.7. The molecule has 0 spiro atoms. The summed E-state index contributed by atoms with van der Waals surface area (Å²) in [5.74, 6) is 1.60. The van der Waals surface area contributed by atoms with Crippen LogP contribution in [-0.2, 0) is 6.54 Å². The molecule has 0 amide bonds. The van der Waals surface area contributed by atoms with Gasteiger partial charge in [0.05, 0.1) is 4.47 Å². The van der Waals surface area contributed by atoms with Crippen molar-refractivity contribution in [3.8, 4) is 0 Å². The Hall–Kier alpha value is -0.410. The number of nitrogens with one attached hydrogen (secondary N) is 1. The van der Waals surface area contributed by atoms with Crippen LogP contribution >= 0.6 is 15.9 Å². The number of hydrogen-bond acceptors (Lipinski definition) is 1. The molecular formula is C14H17BrFN. The molecule has 0 bridgehead atoms. The van der Waals surface area contributed by atoms with Crippen LogP contribution in [0.25, 0.3) is 0 Å². The quantitative estimate of drug-likeness (QED) is 0.870. The third-order valence-corrected chi connectivity index (χ3v) is 4.71. The first-order chi connectivity index (χ1) is 8.25. The molecule has 0 atom stereocenters. The van der Waals surface area contributed by atoms with E-state index in [1.807, 2.05) is 6.07 Å². The number of hydrogen-bond donors (Lipinski definition) is 1. The van der Waals surface area contributed by atoms with Crippen LogP contribution in [0.4, 0.5) is 4.39 Å².